The molecule has 1 aliphatic rings. The highest BCUT2D eigenvalue weighted by Gasteiger charge is 2.11. The normalized spacial score (nSPS) is 18.6. The second-order valence-electron chi connectivity index (χ2n) is 3.87. The fraction of sp³-hybridized carbons (Fsp3) is 0.800. The Hall–Kier alpha value is -1.06. The minimum absolute atomic E-state index is 0.598. The smallest absolute Gasteiger partial charge is 0.332 e. The average molecular weight is 197 g/mol. The summed E-state index contributed by atoms with van der Waals surface area (Å²) in [6.07, 6.45) is 10.7. The number of rotatable bonds is 4. The summed E-state index contributed by atoms with van der Waals surface area (Å²) >= 11 is 0. The van der Waals surface area contributed by atoms with Crippen molar-refractivity contribution in [3.8, 4) is 0 Å². The summed E-state index contributed by atoms with van der Waals surface area (Å²) in [4.78, 5) is 10.3. The number of hydrogen-bond donors (Lipinski definition) is 2. The Morgan fingerprint density at radius 1 is 1.43 bits per heavy atom. The van der Waals surface area contributed by atoms with Crippen molar-refractivity contribution in [2.24, 2.45) is 16.8 Å². The molecule has 1 rings (SSSR count). The number of hydrogen-bond acceptors (Lipinski definition) is 2. The highest BCUT2D eigenvalue weighted by atomic mass is 16.2. The monoisotopic (exact) mass is 197 g/mol. The summed E-state index contributed by atoms with van der Waals surface area (Å²) in [7, 11) is 0. The van der Waals surface area contributed by atoms with Gasteiger partial charge in [0.05, 0.1) is 0 Å². The fourth-order valence-corrected chi connectivity index (χ4v) is 1.96. The third-order valence-corrected chi connectivity index (χ3v) is 2.69. The zero-order valence-electron chi connectivity index (χ0n) is 8.54. The molecule has 0 heterocycles. The van der Waals surface area contributed by atoms with Crippen LogP contribution in [0.25, 0.3) is 0 Å². The predicted octanol–water partition coefficient (Wildman–Crippen LogP) is 2.00. The Morgan fingerprint density at radius 3 is 2.79 bits per heavy atom. The molecule has 4 nitrogen and oxygen atoms in total. The molecule has 0 saturated heterocycles. The first kappa shape index (κ1) is 11.0. The second kappa shape index (κ2) is 6.40. The van der Waals surface area contributed by atoms with E-state index in [1.165, 1.54) is 38.5 Å². The Labute approximate surface area is 84.9 Å². The lowest BCUT2D eigenvalue weighted by Crippen LogP contribution is -2.24. The van der Waals surface area contributed by atoms with E-state index >= 15 is 0 Å². The summed E-state index contributed by atoms with van der Waals surface area (Å²) in [5.41, 5.74) is 7.05. The van der Waals surface area contributed by atoms with E-state index in [1.807, 2.05) is 0 Å². The summed E-state index contributed by atoms with van der Waals surface area (Å²) in [6.45, 7) is 0. The second-order valence-corrected chi connectivity index (χ2v) is 3.87. The molecule has 0 spiro atoms. The Kier molecular flexibility index (Phi) is 5.04. The number of hydrazone groups is 1. The van der Waals surface area contributed by atoms with Gasteiger partial charge in [-0.15, -0.1) is 0 Å². The highest BCUT2D eigenvalue weighted by Crippen LogP contribution is 2.26. The molecule has 0 atom stereocenters. The van der Waals surface area contributed by atoms with Crippen LogP contribution >= 0.6 is 0 Å². The molecule has 1 fully saturated rings. The molecule has 1 saturated carbocycles. The molecular weight excluding hydrogens is 178 g/mol. The van der Waals surface area contributed by atoms with Gasteiger partial charge in [-0.25, -0.2) is 10.2 Å². The van der Waals surface area contributed by atoms with E-state index in [0.29, 0.717) is 0 Å². The summed E-state index contributed by atoms with van der Waals surface area (Å²) in [5, 5.41) is 3.71. The maximum absolute atomic E-state index is 10.3. The van der Waals surface area contributed by atoms with Gasteiger partial charge in [0.1, 0.15) is 0 Å². The first-order chi connectivity index (χ1) is 6.79. The summed E-state index contributed by atoms with van der Waals surface area (Å²) in [6, 6.07) is -0.598. The lowest BCUT2D eigenvalue weighted by Gasteiger charge is -2.20. The predicted molar refractivity (Wildman–Crippen MR) is 57.0 cm³/mol. The van der Waals surface area contributed by atoms with E-state index in [2.05, 4.69) is 10.5 Å². The van der Waals surface area contributed by atoms with Gasteiger partial charge in [-0.3, -0.25) is 0 Å². The summed E-state index contributed by atoms with van der Waals surface area (Å²) < 4.78 is 0. The number of primary amides is 1. The van der Waals surface area contributed by atoms with Crippen LogP contribution in [0.1, 0.15) is 44.9 Å². The zero-order valence-corrected chi connectivity index (χ0v) is 8.54. The number of nitrogens with zero attached hydrogens (tertiary/aromatic N) is 1. The van der Waals surface area contributed by atoms with E-state index in [1.54, 1.807) is 6.21 Å². The standard InChI is InChI=1S/C10H19N3O/c11-10(14)13-12-8-4-7-9-5-2-1-3-6-9/h8-9H,1-7H2,(H3,11,13,14). The van der Waals surface area contributed by atoms with Gasteiger partial charge >= 0.3 is 6.03 Å². The SMILES string of the molecule is NC(=O)NN=CCCC1CCCCC1. The molecule has 0 aromatic rings. The van der Waals surface area contributed by atoms with Crippen LogP contribution in [-0.2, 0) is 0 Å². The van der Waals surface area contributed by atoms with Gasteiger partial charge in [0, 0.05) is 6.21 Å². The van der Waals surface area contributed by atoms with Crippen molar-refractivity contribution in [2.75, 3.05) is 0 Å². The molecule has 0 unspecified atom stereocenters. The number of nitrogens with two attached hydrogens (primary N) is 1. The zero-order chi connectivity index (χ0) is 10.2. The van der Waals surface area contributed by atoms with E-state index in [9.17, 15) is 4.79 Å². The van der Waals surface area contributed by atoms with Gasteiger partial charge in [0.2, 0.25) is 0 Å². The molecule has 14 heavy (non-hydrogen) atoms. The average Bonchev–Trinajstić information content (AvgIpc) is 2.18. The molecule has 4 heteroatoms. The molecule has 0 aliphatic heterocycles. The lowest BCUT2D eigenvalue weighted by molar-refractivity contribution is 0.249. The van der Waals surface area contributed by atoms with Crippen LogP contribution in [0.5, 0.6) is 0 Å². The van der Waals surface area contributed by atoms with Crippen LogP contribution in [0.3, 0.4) is 0 Å². The molecule has 2 amide bonds. The van der Waals surface area contributed by atoms with Crippen molar-refractivity contribution < 1.29 is 4.79 Å². The third-order valence-electron chi connectivity index (χ3n) is 2.69. The van der Waals surface area contributed by atoms with Crippen LogP contribution in [0.2, 0.25) is 0 Å². The van der Waals surface area contributed by atoms with Gasteiger partial charge in [-0.1, -0.05) is 32.1 Å². The molecule has 80 valence electrons. The van der Waals surface area contributed by atoms with Gasteiger partial charge < -0.3 is 5.73 Å². The van der Waals surface area contributed by atoms with E-state index in [0.717, 1.165) is 12.3 Å². The molecule has 0 bridgehead atoms. The Bertz CT molecular complexity index is 198. The fourth-order valence-electron chi connectivity index (χ4n) is 1.96. The van der Waals surface area contributed by atoms with Gasteiger partial charge in [-0.2, -0.15) is 5.10 Å². The molecule has 0 aromatic heterocycles. The van der Waals surface area contributed by atoms with Gasteiger partial charge in [0.15, 0.2) is 0 Å². The number of nitrogens with one attached hydrogen (secondary N) is 1. The van der Waals surface area contributed by atoms with Gasteiger partial charge in [0.25, 0.3) is 0 Å². The van der Waals surface area contributed by atoms with Crippen LogP contribution in [0.4, 0.5) is 4.79 Å². The maximum atomic E-state index is 10.3. The lowest BCUT2D eigenvalue weighted by atomic mass is 9.86. The minimum atomic E-state index is -0.598. The van der Waals surface area contributed by atoms with Crippen molar-refractivity contribution in [1.29, 1.82) is 0 Å². The quantitative estimate of drug-likeness (QED) is 0.525. The van der Waals surface area contributed by atoms with Crippen molar-refractivity contribution >= 4 is 12.2 Å². The van der Waals surface area contributed by atoms with Crippen LogP contribution in [-0.4, -0.2) is 12.2 Å². The van der Waals surface area contributed by atoms with Crippen molar-refractivity contribution in [3.05, 3.63) is 0 Å². The number of urea groups is 1. The minimum Gasteiger partial charge on any atom is -0.350 e. The largest absolute Gasteiger partial charge is 0.350 e. The topological polar surface area (TPSA) is 67.5 Å². The molecule has 0 aromatic carbocycles. The molecular formula is C10H19N3O. The number of carbonyl (C=O) groups excluding carboxylic acids is 1. The molecule has 1 aliphatic carbocycles. The maximum Gasteiger partial charge on any atom is 0.332 e. The van der Waals surface area contributed by atoms with E-state index < -0.39 is 6.03 Å². The Morgan fingerprint density at radius 2 is 2.14 bits per heavy atom. The molecule has 3 N–H and O–H groups in total. The molecule has 0 radical (unpaired) electrons. The highest BCUT2D eigenvalue weighted by molar-refractivity contribution is 5.72. The number of amides is 2. The van der Waals surface area contributed by atoms with Crippen LogP contribution in [0, 0.1) is 5.92 Å². The van der Waals surface area contributed by atoms with Crippen LogP contribution < -0.4 is 11.2 Å². The van der Waals surface area contributed by atoms with Crippen molar-refractivity contribution in [2.45, 2.75) is 44.9 Å². The third kappa shape index (κ3) is 4.84. The van der Waals surface area contributed by atoms with E-state index in [-0.39, 0.29) is 0 Å². The van der Waals surface area contributed by atoms with E-state index in [4.69, 9.17) is 5.73 Å². The first-order valence-corrected chi connectivity index (χ1v) is 5.36. The summed E-state index contributed by atoms with van der Waals surface area (Å²) in [5.74, 6) is 0.865. The first-order valence-electron chi connectivity index (χ1n) is 5.36. The van der Waals surface area contributed by atoms with Gasteiger partial charge in [-0.05, 0) is 18.8 Å². The van der Waals surface area contributed by atoms with Crippen LogP contribution in [0.15, 0.2) is 5.10 Å². The number of carbonyl (C=O) groups is 1. The Balaban J connectivity index is 2.02. The van der Waals surface area contributed by atoms with Crippen molar-refractivity contribution in [3.63, 3.8) is 0 Å². The van der Waals surface area contributed by atoms with Crippen molar-refractivity contribution in [1.82, 2.24) is 5.43 Å².